The Balaban J connectivity index is 2.23. The van der Waals surface area contributed by atoms with Gasteiger partial charge in [-0.25, -0.2) is 0 Å². The lowest BCUT2D eigenvalue weighted by atomic mass is 9.88. The topological polar surface area (TPSA) is 30.5 Å². The fourth-order valence-corrected chi connectivity index (χ4v) is 3.44. The average molecular weight is 342 g/mol. The van der Waals surface area contributed by atoms with E-state index in [-0.39, 0.29) is 0 Å². The summed E-state index contributed by atoms with van der Waals surface area (Å²) in [5.74, 6) is 1.40. The normalized spacial score (nSPS) is 23.8. The van der Waals surface area contributed by atoms with Crippen LogP contribution >= 0.6 is 15.9 Å². The van der Waals surface area contributed by atoms with Gasteiger partial charge in [0.2, 0.25) is 0 Å². The fraction of sp³-hybridized carbons (Fsp3) is 0.625. The number of nitrogens with one attached hydrogen (secondary N) is 1. The summed E-state index contributed by atoms with van der Waals surface area (Å²) in [4.78, 5) is 0. The molecule has 112 valence electrons. The lowest BCUT2D eigenvalue weighted by Gasteiger charge is -2.28. The average Bonchev–Trinajstić information content (AvgIpc) is 2.86. The summed E-state index contributed by atoms with van der Waals surface area (Å²) in [5.41, 5.74) is 1.30. The molecule has 1 N–H and O–H groups in total. The van der Waals surface area contributed by atoms with Crippen molar-refractivity contribution in [3.8, 4) is 5.75 Å². The Morgan fingerprint density at radius 2 is 2.30 bits per heavy atom. The summed E-state index contributed by atoms with van der Waals surface area (Å²) < 4.78 is 12.1. The highest BCUT2D eigenvalue weighted by Crippen LogP contribution is 2.36. The highest BCUT2D eigenvalue weighted by atomic mass is 79.9. The van der Waals surface area contributed by atoms with Crippen LogP contribution in [0.1, 0.15) is 38.3 Å². The van der Waals surface area contributed by atoms with Crippen molar-refractivity contribution in [1.29, 1.82) is 0 Å². The zero-order chi connectivity index (χ0) is 14.5. The lowest BCUT2D eigenvalue weighted by molar-refractivity contribution is 0.0953. The van der Waals surface area contributed by atoms with Gasteiger partial charge < -0.3 is 14.8 Å². The van der Waals surface area contributed by atoms with Gasteiger partial charge in [0.15, 0.2) is 0 Å². The lowest BCUT2D eigenvalue weighted by Crippen LogP contribution is -2.32. The molecule has 1 fully saturated rings. The summed E-state index contributed by atoms with van der Waals surface area (Å²) in [6, 6.07) is 6.69. The van der Waals surface area contributed by atoms with Crippen molar-refractivity contribution in [3.63, 3.8) is 0 Å². The third kappa shape index (κ3) is 3.54. The third-order valence-corrected chi connectivity index (χ3v) is 4.63. The molecule has 3 atom stereocenters. The minimum Gasteiger partial charge on any atom is -0.496 e. The maximum Gasteiger partial charge on any atom is 0.133 e. The first-order valence-electron chi connectivity index (χ1n) is 7.35. The molecular weight excluding hydrogens is 318 g/mol. The van der Waals surface area contributed by atoms with Crippen LogP contribution in [-0.4, -0.2) is 26.4 Å². The third-order valence-electron chi connectivity index (χ3n) is 4.01. The Morgan fingerprint density at radius 3 is 2.85 bits per heavy atom. The van der Waals surface area contributed by atoms with Gasteiger partial charge in [-0.2, -0.15) is 0 Å². The molecule has 1 saturated heterocycles. The number of rotatable bonds is 6. The van der Waals surface area contributed by atoms with Gasteiger partial charge in [-0.05, 0) is 59.9 Å². The minimum absolute atomic E-state index is 0.310. The molecule has 1 aromatic carbocycles. The number of hydrogen-bond acceptors (Lipinski definition) is 3. The van der Waals surface area contributed by atoms with Crippen LogP contribution in [0.2, 0.25) is 0 Å². The van der Waals surface area contributed by atoms with Crippen LogP contribution in [-0.2, 0) is 4.74 Å². The molecule has 0 aliphatic carbocycles. The summed E-state index contributed by atoms with van der Waals surface area (Å²) in [5, 5.41) is 3.68. The highest BCUT2D eigenvalue weighted by Gasteiger charge is 2.32. The molecule has 0 spiro atoms. The number of halogens is 1. The van der Waals surface area contributed by atoms with Crippen LogP contribution in [0, 0.1) is 5.92 Å². The number of hydrogen-bond donors (Lipinski definition) is 1. The standard InChI is InChI=1S/C16H24BrNO2/c1-4-8-18-16(13-7-9-20-11(13)2)12-5-6-15(19-3)14(17)10-12/h5-6,10-11,13,16,18H,4,7-9H2,1-3H3. The molecule has 0 radical (unpaired) electrons. The molecular formula is C16H24BrNO2. The molecule has 2 rings (SSSR count). The molecule has 0 bridgehead atoms. The van der Waals surface area contributed by atoms with E-state index in [0.717, 1.165) is 36.2 Å². The summed E-state index contributed by atoms with van der Waals surface area (Å²) in [6.07, 6.45) is 2.56. The zero-order valence-electron chi connectivity index (χ0n) is 12.5. The zero-order valence-corrected chi connectivity index (χ0v) is 14.1. The molecule has 1 aromatic rings. The van der Waals surface area contributed by atoms with Crippen molar-refractivity contribution in [1.82, 2.24) is 5.32 Å². The Kier molecular flexibility index (Phi) is 5.87. The second-order valence-corrected chi connectivity index (χ2v) is 6.21. The molecule has 1 aliphatic rings. The molecule has 0 amide bonds. The Bertz CT molecular complexity index is 438. The van der Waals surface area contributed by atoms with Crippen molar-refractivity contribution in [3.05, 3.63) is 28.2 Å². The van der Waals surface area contributed by atoms with Crippen LogP contribution in [0.15, 0.2) is 22.7 Å². The van der Waals surface area contributed by atoms with Gasteiger partial charge >= 0.3 is 0 Å². The minimum atomic E-state index is 0.310. The fourth-order valence-electron chi connectivity index (χ4n) is 2.88. The van der Waals surface area contributed by atoms with Crippen LogP contribution in [0.4, 0.5) is 0 Å². The second-order valence-electron chi connectivity index (χ2n) is 5.35. The van der Waals surface area contributed by atoms with E-state index in [2.05, 4.69) is 47.2 Å². The maximum atomic E-state index is 5.75. The van der Waals surface area contributed by atoms with Crippen molar-refractivity contribution < 1.29 is 9.47 Å². The molecule has 1 aliphatic heterocycles. The predicted octanol–water partition coefficient (Wildman–Crippen LogP) is 3.92. The maximum absolute atomic E-state index is 5.75. The first kappa shape index (κ1) is 15.8. The molecule has 4 heteroatoms. The quantitative estimate of drug-likeness (QED) is 0.850. The van der Waals surface area contributed by atoms with E-state index in [4.69, 9.17) is 9.47 Å². The van der Waals surface area contributed by atoms with Crippen LogP contribution < -0.4 is 10.1 Å². The van der Waals surface area contributed by atoms with E-state index in [1.807, 2.05) is 6.07 Å². The largest absolute Gasteiger partial charge is 0.496 e. The van der Waals surface area contributed by atoms with Gasteiger partial charge in [0.05, 0.1) is 17.7 Å². The van der Waals surface area contributed by atoms with E-state index >= 15 is 0 Å². The van der Waals surface area contributed by atoms with Crippen LogP contribution in [0.3, 0.4) is 0 Å². The van der Waals surface area contributed by atoms with E-state index in [1.165, 1.54) is 5.56 Å². The molecule has 0 aromatic heterocycles. The van der Waals surface area contributed by atoms with Gasteiger partial charge in [-0.3, -0.25) is 0 Å². The second kappa shape index (κ2) is 7.43. The summed E-state index contributed by atoms with van der Waals surface area (Å²) in [7, 11) is 1.69. The van der Waals surface area contributed by atoms with Crippen LogP contribution in [0.5, 0.6) is 5.75 Å². The Labute approximate surface area is 130 Å². The first-order chi connectivity index (χ1) is 9.67. The summed E-state index contributed by atoms with van der Waals surface area (Å²) >= 11 is 3.58. The Morgan fingerprint density at radius 1 is 1.50 bits per heavy atom. The van der Waals surface area contributed by atoms with E-state index < -0.39 is 0 Å². The monoisotopic (exact) mass is 341 g/mol. The Hall–Kier alpha value is -0.580. The molecule has 3 nitrogen and oxygen atoms in total. The van der Waals surface area contributed by atoms with Crippen molar-refractivity contribution in [2.24, 2.45) is 5.92 Å². The predicted molar refractivity (Wildman–Crippen MR) is 85.2 cm³/mol. The molecule has 0 saturated carbocycles. The van der Waals surface area contributed by atoms with Gasteiger partial charge in [-0.15, -0.1) is 0 Å². The van der Waals surface area contributed by atoms with Crippen LogP contribution in [0.25, 0.3) is 0 Å². The molecule has 3 unspecified atom stereocenters. The number of benzene rings is 1. The van der Waals surface area contributed by atoms with Gasteiger partial charge in [0, 0.05) is 18.6 Å². The molecule has 20 heavy (non-hydrogen) atoms. The van der Waals surface area contributed by atoms with Gasteiger partial charge in [0.25, 0.3) is 0 Å². The summed E-state index contributed by atoms with van der Waals surface area (Å²) in [6.45, 7) is 6.27. The highest BCUT2D eigenvalue weighted by molar-refractivity contribution is 9.10. The van der Waals surface area contributed by atoms with E-state index in [9.17, 15) is 0 Å². The van der Waals surface area contributed by atoms with Crippen molar-refractivity contribution >= 4 is 15.9 Å². The van der Waals surface area contributed by atoms with Crippen molar-refractivity contribution in [2.75, 3.05) is 20.3 Å². The number of ether oxygens (including phenoxy) is 2. The van der Waals surface area contributed by atoms with Crippen molar-refractivity contribution in [2.45, 2.75) is 38.8 Å². The van der Waals surface area contributed by atoms with E-state index in [1.54, 1.807) is 7.11 Å². The van der Waals surface area contributed by atoms with Gasteiger partial charge in [0.1, 0.15) is 5.75 Å². The molecule has 1 heterocycles. The first-order valence-corrected chi connectivity index (χ1v) is 8.15. The van der Waals surface area contributed by atoms with E-state index in [0.29, 0.717) is 18.1 Å². The SMILES string of the molecule is CCCNC(c1ccc(OC)c(Br)c1)C1CCOC1C. The van der Waals surface area contributed by atoms with Gasteiger partial charge in [-0.1, -0.05) is 13.0 Å². The smallest absolute Gasteiger partial charge is 0.133 e. The number of methoxy groups -OCH3 is 1.